The summed E-state index contributed by atoms with van der Waals surface area (Å²) in [4.78, 5) is 15.5. The van der Waals surface area contributed by atoms with Gasteiger partial charge >= 0.3 is 0 Å². The zero-order valence-electron chi connectivity index (χ0n) is 12.4. The minimum absolute atomic E-state index is 0.111. The van der Waals surface area contributed by atoms with Crippen molar-refractivity contribution in [3.05, 3.63) is 59.1 Å². The molecule has 0 atom stereocenters. The second-order valence-electron chi connectivity index (χ2n) is 4.96. The fraction of sp³-hybridized carbons (Fsp3) is 0.0556. The molecule has 0 saturated heterocycles. The number of hydrogen-bond acceptors (Lipinski definition) is 4. The van der Waals surface area contributed by atoms with Gasteiger partial charge in [0.2, 0.25) is 5.91 Å². The van der Waals surface area contributed by atoms with E-state index >= 15 is 0 Å². The number of nitrogens with one attached hydrogen (secondary N) is 1. The van der Waals surface area contributed by atoms with Crippen molar-refractivity contribution >= 4 is 44.8 Å². The smallest absolute Gasteiger partial charge is 0.221 e. The molecule has 0 saturated carbocycles. The van der Waals surface area contributed by atoms with Gasteiger partial charge in [-0.25, -0.2) is 4.98 Å². The van der Waals surface area contributed by atoms with Gasteiger partial charge in [-0.1, -0.05) is 24.3 Å². The Balaban J connectivity index is 1.92. The number of anilines is 1. The minimum atomic E-state index is -0.111. The molecule has 0 aliphatic carbocycles. The van der Waals surface area contributed by atoms with Gasteiger partial charge in [0.15, 0.2) is 0 Å². The highest BCUT2D eigenvalue weighted by Gasteiger charge is 2.08. The van der Waals surface area contributed by atoms with Crippen LogP contribution in [-0.2, 0) is 4.79 Å². The number of thiazole rings is 1. The van der Waals surface area contributed by atoms with Crippen LogP contribution in [-0.4, -0.2) is 10.9 Å². The van der Waals surface area contributed by atoms with E-state index in [9.17, 15) is 10.1 Å². The normalized spacial score (nSPS) is 11.2. The molecule has 0 spiro atoms. The third-order valence-electron chi connectivity index (χ3n) is 3.19. The van der Waals surface area contributed by atoms with E-state index in [1.165, 1.54) is 18.3 Å². The predicted octanol–water partition coefficient (Wildman–Crippen LogP) is 4.32. The average molecular weight is 319 g/mol. The van der Waals surface area contributed by atoms with Crippen LogP contribution < -0.4 is 5.32 Å². The van der Waals surface area contributed by atoms with Gasteiger partial charge in [-0.3, -0.25) is 4.79 Å². The number of aromatic nitrogens is 1. The molecule has 0 unspecified atom stereocenters. The largest absolute Gasteiger partial charge is 0.326 e. The van der Waals surface area contributed by atoms with Crippen LogP contribution in [0.15, 0.2) is 48.5 Å². The summed E-state index contributed by atoms with van der Waals surface area (Å²) in [5.74, 6) is -0.111. The second kappa shape index (κ2) is 6.42. The van der Waals surface area contributed by atoms with Gasteiger partial charge in [0.25, 0.3) is 0 Å². The van der Waals surface area contributed by atoms with Gasteiger partial charge in [0, 0.05) is 12.6 Å². The van der Waals surface area contributed by atoms with Gasteiger partial charge in [0.1, 0.15) is 11.1 Å². The van der Waals surface area contributed by atoms with E-state index in [4.69, 9.17) is 0 Å². The number of fused-ring (bicyclic) bond motifs is 1. The number of nitriles is 1. The first-order chi connectivity index (χ1) is 11.2. The van der Waals surface area contributed by atoms with E-state index in [1.807, 2.05) is 36.4 Å². The lowest BCUT2D eigenvalue weighted by molar-refractivity contribution is -0.114. The van der Waals surface area contributed by atoms with Crippen LogP contribution in [0.3, 0.4) is 0 Å². The first-order valence-electron chi connectivity index (χ1n) is 7.01. The van der Waals surface area contributed by atoms with Crippen LogP contribution in [0.25, 0.3) is 21.9 Å². The number of allylic oxidation sites excluding steroid dienone is 1. The van der Waals surface area contributed by atoms with Gasteiger partial charge in [-0.05, 0) is 35.9 Å². The Kier molecular flexibility index (Phi) is 4.18. The highest BCUT2D eigenvalue weighted by molar-refractivity contribution is 7.19. The fourth-order valence-corrected chi connectivity index (χ4v) is 3.09. The quantitative estimate of drug-likeness (QED) is 0.731. The van der Waals surface area contributed by atoms with Gasteiger partial charge in [0.05, 0.1) is 15.8 Å². The van der Waals surface area contributed by atoms with Crippen molar-refractivity contribution in [2.45, 2.75) is 6.92 Å². The lowest BCUT2D eigenvalue weighted by atomic mass is 10.1. The van der Waals surface area contributed by atoms with Crippen molar-refractivity contribution in [2.24, 2.45) is 0 Å². The van der Waals surface area contributed by atoms with Crippen LogP contribution in [0.5, 0.6) is 0 Å². The molecule has 1 N–H and O–H groups in total. The lowest BCUT2D eigenvalue weighted by Gasteiger charge is -2.02. The molecular formula is C18H13N3OS. The molecule has 0 radical (unpaired) electrons. The van der Waals surface area contributed by atoms with Crippen LogP contribution >= 0.6 is 11.3 Å². The van der Waals surface area contributed by atoms with E-state index in [1.54, 1.807) is 18.2 Å². The van der Waals surface area contributed by atoms with E-state index in [2.05, 4.69) is 16.4 Å². The Morgan fingerprint density at radius 3 is 2.61 bits per heavy atom. The Hall–Kier alpha value is -2.97. The summed E-state index contributed by atoms with van der Waals surface area (Å²) in [7, 11) is 0. The summed E-state index contributed by atoms with van der Waals surface area (Å²) < 4.78 is 1.06. The summed E-state index contributed by atoms with van der Waals surface area (Å²) >= 11 is 1.50. The maximum absolute atomic E-state index is 11.0. The molecule has 0 aliphatic heterocycles. The number of rotatable bonds is 3. The summed E-state index contributed by atoms with van der Waals surface area (Å²) in [6.07, 6.45) is 1.80. The zero-order chi connectivity index (χ0) is 16.2. The van der Waals surface area contributed by atoms with Crippen molar-refractivity contribution in [1.82, 2.24) is 4.98 Å². The molecule has 23 heavy (non-hydrogen) atoms. The number of carbonyl (C=O) groups excluding carboxylic acids is 1. The lowest BCUT2D eigenvalue weighted by Crippen LogP contribution is -2.05. The van der Waals surface area contributed by atoms with Gasteiger partial charge in [-0.15, -0.1) is 11.3 Å². The van der Waals surface area contributed by atoms with Crippen molar-refractivity contribution in [3.63, 3.8) is 0 Å². The number of benzene rings is 2. The first-order valence-corrected chi connectivity index (χ1v) is 7.83. The standard InChI is InChI=1S/C18H13N3OS/c1-12(22)20-15-8-6-13(7-9-15)10-14(11-19)18-21-16-4-2-3-5-17(16)23-18/h2-10H,1H3,(H,20,22)/b14-10-. The summed E-state index contributed by atoms with van der Waals surface area (Å²) in [6, 6.07) is 17.4. The first kappa shape index (κ1) is 14.9. The number of hydrogen-bond donors (Lipinski definition) is 1. The molecule has 0 bridgehead atoms. The molecule has 1 heterocycles. The molecule has 5 heteroatoms. The Morgan fingerprint density at radius 2 is 1.96 bits per heavy atom. The van der Waals surface area contributed by atoms with Crippen LogP contribution in [0.2, 0.25) is 0 Å². The average Bonchev–Trinajstić information content (AvgIpc) is 2.97. The summed E-state index contributed by atoms with van der Waals surface area (Å²) in [5, 5.41) is 12.9. The van der Waals surface area contributed by atoms with Crippen molar-refractivity contribution in [1.29, 1.82) is 5.26 Å². The molecular weight excluding hydrogens is 306 g/mol. The summed E-state index contributed by atoms with van der Waals surface area (Å²) in [5.41, 5.74) is 3.04. The third kappa shape index (κ3) is 3.44. The monoisotopic (exact) mass is 319 g/mol. The molecule has 3 rings (SSSR count). The number of nitrogens with zero attached hydrogens (tertiary/aromatic N) is 2. The highest BCUT2D eigenvalue weighted by Crippen LogP contribution is 2.28. The SMILES string of the molecule is CC(=O)Nc1ccc(/C=C(/C#N)c2nc3ccccc3s2)cc1. The van der Waals surface area contributed by atoms with Crippen molar-refractivity contribution in [2.75, 3.05) is 5.32 Å². The number of amides is 1. The van der Waals surface area contributed by atoms with Gasteiger partial charge < -0.3 is 5.32 Å². The molecule has 3 aromatic rings. The Labute approximate surface area is 137 Å². The molecule has 0 fully saturated rings. The maximum Gasteiger partial charge on any atom is 0.221 e. The molecule has 1 amide bonds. The molecule has 4 nitrogen and oxygen atoms in total. The fourth-order valence-electron chi connectivity index (χ4n) is 2.16. The topological polar surface area (TPSA) is 65.8 Å². The Morgan fingerprint density at radius 1 is 1.22 bits per heavy atom. The maximum atomic E-state index is 11.0. The van der Waals surface area contributed by atoms with E-state index < -0.39 is 0 Å². The van der Waals surface area contributed by atoms with Crippen LogP contribution in [0.4, 0.5) is 5.69 Å². The van der Waals surface area contributed by atoms with Crippen molar-refractivity contribution < 1.29 is 4.79 Å². The highest BCUT2D eigenvalue weighted by atomic mass is 32.1. The van der Waals surface area contributed by atoms with Crippen LogP contribution in [0, 0.1) is 11.3 Å². The third-order valence-corrected chi connectivity index (χ3v) is 4.26. The molecule has 0 aliphatic rings. The molecule has 2 aromatic carbocycles. The van der Waals surface area contributed by atoms with Crippen LogP contribution in [0.1, 0.15) is 17.5 Å². The van der Waals surface area contributed by atoms with E-state index in [0.29, 0.717) is 10.6 Å². The summed E-state index contributed by atoms with van der Waals surface area (Å²) in [6.45, 7) is 1.47. The predicted molar refractivity (Wildman–Crippen MR) is 93.8 cm³/mol. The van der Waals surface area contributed by atoms with Crippen molar-refractivity contribution in [3.8, 4) is 6.07 Å². The number of carbonyl (C=O) groups is 1. The molecule has 112 valence electrons. The minimum Gasteiger partial charge on any atom is -0.326 e. The second-order valence-corrected chi connectivity index (χ2v) is 5.99. The number of para-hydroxylation sites is 1. The van der Waals surface area contributed by atoms with E-state index in [0.717, 1.165) is 21.5 Å². The van der Waals surface area contributed by atoms with Gasteiger partial charge in [-0.2, -0.15) is 5.26 Å². The van der Waals surface area contributed by atoms with E-state index in [-0.39, 0.29) is 5.91 Å². The zero-order valence-corrected chi connectivity index (χ0v) is 13.2. The Bertz CT molecular complexity index is 900. The molecule has 1 aromatic heterocycles.